The number of hydrogen-bond donors (Lipinski definition) is 1. The molecule has 0 heterocycles. The van der Waals surface area contributed by atoms with Crippen molar-refractivity contribution in [3.8, 4) is 0 Å². The van der Waals surface area contributed by atoms with Crippen LogP contribution in [0, 0.1) is 0 Å². The van der Waals surface area contributed by atoms with Gasteiger partial charge in [-0.3, -0.25) is 9.35 Å². The number of ketones is 1. The van der Waals surface area contributed by atoms with Crippen LogP contribution in [0.1, 0.15) is 32.1 Å². The second-order valence-corrected chi connectivity index (χ2v) is 4.80. The summed E-state index contributed by atoms with van der Waals surface area (Å²) in [4.78, 5) is 10.9. The summed E-state index contributed by atoms with van der Waals surface area (Å²) in [5.41, 5.74) is 0. The van der Waals surface area contributed by atoms with E-state index in [2.05, 4.69) is 0 Å². The Morgan fingerprint density at radius 3 is 2.50 bits per heavy atom. The highest BCUT2D eigenvalue weighted by Crippen LogP contribution is 2.20. The SMILES string of the molecule is O=C1CCCC(S(=O)(=O)O)CC1. The molecule has 1 aliphatic rings. The van der Waals surface area contributed by atoms with Crippen molar-refractivity contribution >= 4 is 15.9 Å². The fourth-order valence-electron chi connectivity index (χ4n) is 1.42. The smallest absolute Gasteiger partial charge is 0.267 e. The van der Waals surface area contributed by atoms with Gasteiger partial charge >= 0.3 is 0 Å². The van der Waals surface area contributed by atoms with E-state index in [4.69, 9.17) is 4.55 Å². The molecule has 0 bridgehead atoms. The van der Waals surface area contributed by atoms with Crippen molar-refractivity contribution in [3.05, 3.63) is 0 Å². The molecule has 1 fully saturated rings. The minimum absolute atomic E-state index is 0.0983. The van der Waals surface area contributed by atoms with Crippen LogP contribution in [-0.4, -0.2) is 24.0 Å². The van der Waals surface area contributed by atoms with Gasteiger partial charge < -0.3 is 0 Å². The molecule has 1 rings (SSSR count). The van der Waals surface area contributed by atoms with E-state index >= 15 is 0 Å². The number of carbonyl (C=O) groups excluding carboxylic acids is 1. The third kappa shape index (κ3) is 2.57. The molecule has 4 nitrogen and oxygen atoms in total. The van der Waals surface area contributed by atoms with Crippen molar-refractivity contribution in [2.45, 2.75) is 37.4 Å². The molecule has 1 unspecified atom stereocenters. The van der Waals surface area contributed by atoms with Gasteiger partial charge in [0.1, 0.15) is 5.78 Å². The number of hydrogen-bond acceptors (Lipinski definition) is 3. The minimum Gasteiger partial charge on any atom is -0.300 e. The topological polar surface area (TPSA) is 71.4 Å². The average Bonchev–Trinajstić information content (AvgIpc) is 2.11. The van der Waals surface area contributed by atoms with E-state index in [1.807, 2.05) is 0 Å². The lowest BCUT2D eigenvalue weighted by Crippen LogP contribution is -2.19. The first-order chi connectivity index (χ1) is 5.50. The van der Waals surface area contributed by atoms with Gasteiger partial charge in [-0.15, -0.1) is 0 Å². The summed E-state index contributed by atoms with van der Waals surface area (Å²) in [7, 11) is -3.92. The fraction of sp³-hybridized carbons (Fsp3) is 0.857. The Hall–Kier alpha value is -0.420. The monoisotopic (exact) mass is 192 g/mol. The number of carbonyl (C=O) groups is 1. The Balaban J connectivity index is 2.64. The van der Waals surface area contributed by atoms with Crippen LogP contribution in [0.5, 0.6) is 0 Å². The van der Waals surface area contributed by atoms with Crippen molar-refractivity contribution in [3.63, 3.8) is 0 Å². The summed E-state index contributed by atoms with van der Waals surface area (Å²) >= 11 is 0. The minimum atomic E-state index is -3.92. The summed E-state index contributed by atoms with van der Waals surface area (Å²) < 4.78 is 30.1. The van der Waals surface area contributed by atoms with Crippen LogP contribution in [0.3, 0.4) is 0 Å². The lowest BCUT2D eigenvalue weighted by Gasteiger charge is -2.07. The summed E-state index contributed by atoms with van der Waals surface area (Å²) in [5, 5.41) is -0.719. The van der Waals surface area contributed by atoms with Crippen LogP contribution in [0.25, 0.3) is 0 Å². The van der Waals surface area contributed by atoms with Gasteiger partial charge in [-0.05, 0) is 19.3 Å². The molecular weight excluding hydrogens is 180 g/mol. The Morgan fingerprint density at radius 2 is 1.92 bits per heavy atom. The summed E-state index contributed by atoms with van der Waals surface area (Å²) in [6, 6.07) is 0. The molecule has 0 saturated heterocycles. The Kier molecular flexibility index (Phi) is 2.85. The van der Waals surface area contributed by atoms with Gasteiger partial charge in [-0.25, -0.2) is 0 Å². The quantitative estimate of drug-likeness (QED) is 0.492. The van der Waals surface area contributed by atoms with Crippen LogP contribution in [0.2, 0.25) is 0 Å². The lowest BCUT2D eigenvalue weighted by molar-refractivity contribution is -0.118. The van der Waals surface area contributed by atoms with E-state index in [1.165, 1.54) is 0 Å². The van der Waals surface area contributed by atoms with Crippen molar-refractivity contribution in [1.29, 1.82) is 0 Å². The van der Waals surface area contributed by atoms with E-state index in [9.17, 15) is 13.2 Å². The molecule has 1 saturated carbocycles. The van der Waals surface area contributed by atoms with Gasteiger partial charge in [0.15, 0.2) is 0 Å². The van der Waals surface area contributed by atoms with E-state index in [-0.39, 0.29) is 18.6 Å². The van der Waals surface area contributed by atoms with Crippen molar-refractivity contribution < 1.29 is 17.8 Å². The third-order valence-electron chi connectivity index (χ3n) is 2.15. The maximum atomic E-state index is 10.9. The molecule has 5 heteroatoms. The Bertz CT molecular complexity index is 267. The number of Topliss-reactive ketones (excluding diaryl/α,β-unsaturated/α-hetero) is 1. The standard InChI is InChI=1S/C7H12O4S/c8-6-2-1-3-7(5-4-6)12(9,10)11/h7H,1-5H2,(H,9,10,11). The Labute approximate surface area is 71.7 Å². The van der Waals surface area contributed by atoms with Crippen LogP contribution in [0.4, 0.5) is 0 Å². The van der Waals surface area contributed by atoms with Gasteiger partial charge in [-0.2, -0.15) is 8.42 Å². The first kappa shape index (κ1) is 9.67. The van der Waals surface area contributed by atoms with Crippen LogP contribution in [0.15, 0.2) is 0 Å². The van der Waals surface area contributed by atoms with Crippen molar-refractivity contribution in [2.75, 3.05) is 0 Å². The first-order valence-electron chi connectivity index (χ1n) is 3.98. The summed E-state index contributed by atoms with van der Waals surface area (Å²) in [5.74, 6) is 0.0983. The predicted molar refractivity (Wildman–Crippen MR) is 43.4 cm³/mol. The zero-order valence-electron chi connectivity index (χ0n) is 6.69. The molecule has 0 amide bonds. The van der Waals surface area contributed by atoms with Crippen molar-refractivity contribution in [1.82, 2.24) is 0 Å². The first-order valence-corrected chi connectivity index (χ1v) is 5.48. The van der Waals surface area contributed by atoms with Gasteiger partial charge in [-0.1, -0.05) is 0 Å². The van der Waals surface area contributed by atoms with Crippen LogP contribution >= 0.6 is 0 Å². The summed E-state index contributed by atoms with van der Waals surface area (Å²) in [6.45, 7) is 0. The van der Waals surface area contributed by atoms with E-state index < -0.39 is 15.4 Å². The second kappa shape index (κ2) is 3.53. The maximum absolute atomic E-state index is 10.9. The Morgan fingerprint density at radius 1 is 1.25 bits per heavy atom. The van der Waals surface area contributed by atoms with E-state index in [1.54, 1.807) is 0 Å². The van der Waals surface area contributed by atoms with Crippen molar-refractivity contribution in [2.24, 2.45) is 0 Å². The molecule has 1 atom stereocenters. The van der Waals surface area contributed by atoms with Gasteiger partial charge in [0.05, 0.1) is 5.25 Å². The molecule has 0 aromatic rings. The molecule has 12 heavy (non-hydrogen) atoms. The maximum Gasteiger partial charge on any atom is 0.267 e. The highest BCUT2D eigenvalue weighted by atomic mass is 32.2. The zero-order valence-corrected chi connectivity index (χ0v) is 7.51. The highest BCUT2D eigenvalue weighted by Gasteiger charge is 2.25. The molecule has 0 radical (unpaired) electrons. The number of rotatable bonds is 1. The van der Waals surface area contributed by atoms with Crippen LogP contribution in [-0.2, 0) is 14.9 Å². The predicted octanol–water partition coefficient (Wildman–Crippen LogP) is 0.776. The average molecular weight is 192 g/mol. The highest BCUT2D eigenvalue weighted by molar-refractivity contribution is 7.86. The third-order valence-corrected chi connectivity index (χ3v) is 3.46. The van der Waals surface area contributed by atoms with E-state index in [0.717, 1.165) is 0 Å². The van der Waals surface area contributed by atoms with Gasteiger partial charge in [0, 0.05) is 12.8 Å². The molecular formula is C7H12O4S. The van der Waals surface area contributed by atoms with Crippen LogP contribution < -0.4 is 0 Å². The largest absolute Gasteiger partial charge is 0.300 e. The molecule has 1 aliphatic carbocycles. The molecule has 1 N–H and O–H groups in total. The summed E-state index contributed by atoms with van der Waals surface area (Å²) in [6.07, 6.45) is 1.99. The molecule has 0 spiro atoms. The molecule has 70 valence electrons. The second-order valence-electron chi connectivity index (χ2n) is 3.11. The molecule has 0 aliphatic heterocycles. The van der Waals surface area contributed by atoms with Gasteiger partial charge in [0.25, 0.3) is 10.1 Å². The molecule has 0 aromatic heterocycles. The van der Waals surface area contributed by atoms with Gasteiger partial charge in [0.2, 0.25) is 0 Å². The van der Waals surface area contributed by atoms with E-state index in [0.29, 0.717) is 19.3 Å². The lowest BCUT2D eigenvalue weighted by atomic mass is 10.2. The normalized spacial score (nSPS) is 26.8. The molecule has 0 aromatic carbocycles. The fourth-order valence-corrected chi connectivity index (χ4v) is 2.30. The zero-order chi connectivity index (χ0) is 9.19.